The van der Waals surface area contributed by atoms with Gasteiger partial charge in [0, 0.05) is 147 Å². The molecular formula is C54H61ClN12O4. The van der Waals surface area contributed by atoms with E-state index in [0.717, 1.165) is 117 Å². The van der Waals surface area contributed by atoms with Crippen LogP contribution in [-0.4, -0.2) is 120 Å². The first-order valence-corrected chi connectivity index (χ1v) is 25.5. The molecule has 1 saturated carbocycles. The summed E-state index contributed by atoms with van der Waals surface area (Å²) in [5.74, 6) is 1.10. The van der Waals surface area contributed by atoms with Gasteiger partial charge in [0.05, 0.1) is 45.8 Å². The molecule has 2 amide bonds. The molecule has 1 unspecified atom stereocenters. The molecule has 2 aromatic carbocycles. The number of nitriles is 1. The van der Waals surface area contributed by atoms with Crippen LogP contribution in [0.25, 0.3) is 33.3 Å². The summed E-state index contributed by atoms with van der Waals surface area (Å²) in [5, 5.41) is 25.2. The van der Waals surface area contributed by atoms with Gasteiger partial charge in [-0.05, 0) is 55.7 Å². The maximum absolute atomic E-state index is 13.6. The number of fused-ring (bicyclic) bond motifs is 2. The number of benzene rings is 2. The molecular weight excluding hydrogens is 916 g/mol. The lowest BCUT2D eigenvalue weighted by atomic mass is 9.49. The van der Waals surface area contributed by atoms with E-state index in [0.29, 0.717) is 53.0 Å². The van der Waals surface area contributed by atoms with Crippen LogP contribution >= 0.6 is 11.6 Å². The molecule has 1 atom stereocenters. The van der Waals surface area contributed by atoms with Gasteiger partial charge in [0.2, 0.25) is 11.9 Å². The van der Waals surface area contributed by atoms with E-state index in [1.54, 1.807) is 37.5 Å². The van der Waals surface area contributed by atoms with E-state index >= 15 is 0 Å². The van der Waals surface area contributed by atoms with Gasteiger partial charge in [0.15, 0.2) is 0 Å². The molecule has 17 heteroatoms. The van der Waals surface area contributed by atoms with Crippen LogP contribution in [0.4, 0.5) is 5.95 Å². The molecule has 0 radical (unpaired) electrons. The van der Waals surface area contributed by atoms with E-state index in [2.05, 4.69) is 98.7 Å². The van der Waals surface area contributed by atoms with Crippen LogP contribution in [0, 0.1) is 22.2 Å². The summed E-state index contributed by atoms with van der Waals surface area (Å²) in [6.45, 7) is 16.4. The first-order chi connectivity index (χ1) is 34.3. The van der Waals surface area contributed by atoms with Crippen molar-refractivity contribution in [2.24, 2.45) is 10.8 Å². The van der Waals surface area contributed by atoms with Gasteiger partial charge in [-0.1, -0.05) is 57.5 Å². The van der Waals surface area contributed by atoms with Gasteiger partial charge in [0.1, 0.15) is 17.9 Å². The minimum atomic E-state index is -0.384. The number of carbonyl (C=O) groups is 2. The van der Waals surface area contributed by atoms with Crippen molar-refractivity contribution in [3.05, 3.63) is 101 Å². The topological polar surface area (TPSA) is 172 Å². The third-order valence-electron chi connectivity index (χ3n) is 16.1. The first kappa shape index (κ1) is 46.9. The number of amides is 2. The van der Waals surface area contributed by atoms with Crippen molar-refractivity contribution in [3.63, 3.8) is 0 Å². The number of aromatic nitrogens is 7. The molecule has 4 aliphatic heterocycles. The number of likely N-dealkylation sites (tertiary alicyclic amines) is 1. The molecule has 11 rings (SSSR count). The van der Waals surface area contributed by atoms with Crippen molar-refractivity contribution in [1.82, 2.24) is 49.6 Å². The van der Waals surface area contributed by atoms with Crippen LogP contribution < -0.4 is 15.0 Å². The minimum Gasteiger partial charge on any atom is -0.489 e. The van der Waals surface area contributed by atoms with E-state index in [9.17, 15) is 14.9 Å². The number of carbonyl (C=O) groups excluding carboxylic acids is 2. The second kappa shape index (κ2) is 18.6. The number of rotatable bonds is 10. The Hall–Kier alpha value is -6.41. The van der Waals surface area contributed by atoms with Crippen LogP contribution in [0.5, 0.6) is 5.75 Å². The molecule has 4 fully saturated rings. The van der Waals surface area contributed by atoms with E-state index in [-0.39, 0.29) is 40.8 Å². The Morgan fingerprint density at radius 1 is 0.887 bits per heavy atom. The SMILES string of the molecule is CC(=O)N1CCc2c(c(-c3cccc4cc(-c5cnn(C6CCN(C7CCN(c8ncc(C(=O)NC9C(C)(C)C(Oc%10ccc(C#N)c(Cl)c%10)C9(C)C)cn8)CC7)C6)c5)ncc34)nn2C2CCOCC2)C1. The molecule has 16 nitrogen and oxygen atoms in total. The third-order valence-corrected chi connectivity index (χ3v) is 16.5. The number of hydrogen-bond acceptors (Lipinski definition) is 12. The molecule has 0 bridgehead atoms. The Balaban J connectivity index is 0.696. The summed E-state index contributed by atoms with van der Waals surface area (Å²) in [7, 11) is 0. The molecule has 4 aromatic heterocycles. The number of ether oxygens (including phenoxy) is 2. The summed E-state index contributed by atoms with van der Waals surface area (Å²) in [6, 6.07) is 16.6. The highest BCUT2D eigenvalue weighted by Gasteiger charge is 2.64. The molecule has 8 heterocycles. The van der Waals surface area contributed by atoms with Gasteiger partial charge in [-0.3, -0.25) is 28.8 Å². The summed E-state index contributed by atoms with van der Waals surface area (Å²) in [4.78, 5) is 47.2. The lowest BCUT2D eigenvalue weighted by Gasteiger charge is -2.63. The maximum atomic E-state index is 13.6. The molecule has 3 saturated heterocycles. The van der Waals surface area contributed by atoms with Crippen LogP contribution in [0.1, 0.15) is 106 Å². The Morgan fingerprint density at radius 2 is 1.65 bits per heavy atom. The predicted octanol–water partition coefficient (Wildman–Crippen LogP) is 8.06. The van der Waals surface area contributed by atoms with Crippen LogP contribution in [-0.2, 0) is 22.5 Å². The van der Waals surface area contributed by atoms with Crippen molar-refractivity contribution in [2.45, 2.75) is 110 Å². The summed E-state index contributed by atoms with van der Waals surface area (Å²) in [6.07, 6.45) is 14.8. The Bertz CT molecular complexity index is 3020. The van der Waals surface area contributed by atoms with Crippen molar-refractivity contribution < 1.29 is 19.1 Å². The number of pyridine rings is 1. The normalized spacial score (nSPS) is 22.5. The summed E-state index contributed by atoms with van der Waals surface area (Å²) in [5.41, 5.74) is 6.29. The second-order valence-electron chi connectivity index (χ2n) is 21.3. The molecule has 6 aromatic rings. The fraction of sp³-hybridized carbons (Fsp3) is 0.481. The van der Waals surface area contributed by atoms with Crippen molar-refractivity contribution >= 4 is 40.1 Å². The molecule has 1 aliphatic carbocycles. The zero-order valence-corrected chi connectivity index (χ0v) is 41.9. The second-order valence-corrected chi connectivity index (χ2v) is 21.7. The quantitative estimate of drug-likeness (QED) is 0.140. The molecule has 5 aliphatic rings. The fourth-order valence-electron chi connectivity index (χ4n) is 12.5. The average molecular weight is 978 g/mol. The standard InChI is InChI=1S/C54H61ClN12O4/c1-33(68)64-20-14-47-44(32-64)48(62-67(47)39-15-21-70-22-16-39)42-8-6-7-34-23-46(57-29-43(34)42)37-28-60-66(30-37)40-13-19-65(31-40)38-11-17-63(18-12-38)52-58-26-36(27-59-52)49(69)61-50-53(2,3)51(54(50,4)5)71-41-10-9-35(25-56)45(55)24-41/h6-10,23-24,26-30,38-40,50-51H,11-22,31-32H2,1-5H3,(H,61,69). The predicted molar refractivity (Wildman–Crippen MR) is 270 cm³/mol. The van der Waals surface area contributed by atoms with Gasteiger partial charge in [-0.2, -0.15) is 15.5 Å². The maximum Gasteiger partial charge on any atom is 0.254 e. The van der Waals surface area contributed by atoms with Crippen molar-refractivity contribution in [2.75, 3.05) is 50.8 Å². The van der Waals surface area contributed by atoms with Crippen LogP contribution in [0.3, 0.4) is 0 Å². The molecule has 1 N–H and O–H groups in total. The highest BCUT2D eigenvalue weighted by molar-refractivity contribution is 6.31. The van der Waals surface area contributed by atoms with E-state index in [1.165, 1.54) is 5.69 Å². The zero-order chi connectivity index (χ0) is 49.2. The van der Waals surface area contributed by atoms with Gasteiger partial charge >= 0.3 is 0 Å². The number of piperidine rings is 1. The highest BCUT2D eigenvalue weighted by atomic mass is 35.5. The van der Waals surface area contributed by atoms with Gasteiger partial charge in [-0.15, -0.1) is 0 Å². The number of nitrogens with one attached hydrogen (secondary N) is 1. The largest absolute Gasteiger partial charge is 0.489 e. The first-order valence-electron chi connectivity index (χ1n) is 25.1. The number of nitrogens with zero attached hydrogens (tertiary/aromatic N) is 11. The monoisotopic (exact) mass is 976 g/mol. The zero-order valence-electron chi connectivity index (χ0n) is 41.1. The van der Waals surface area contributed by atoms with Crippen molar-refractivity contribution in [1.29, 1.82) is 5.26 Å². The molecule has 368 valence electrons. The lowest BCUT2D eigenvalue weighted by molar-refractivity contribution is -0.164. The van der Waals surface area contributed by atoms with Gasteiger partial charge < -0.3 is 24.6 Å². The van der Waals surface area contributed by atoms with Gasteiger partial charge in [-0.25, -0.2) is 9.97 Å². The van der Waals surface area contributed by atoms with Gasteiger partial charge in [0.25, 0.3) is 5.91 Å². The Morgan fingerprint density at radius 3 is 2.38 bits per heavy atom. The summed E-state index contributed by atoms with van der Waals surface area (Å²) >= 11 is 6.28. The Labute approximate surface area is 419 Å². The number of halogens is 1. The number of hydrogen-bond donors (Lipinski definition) is 1. The Kier molecular flexibility index (Phi) is 12.3. The smallest absolute Gasteiger partial charge is 0.254 e. The molecule has 71 heavy (non-hydrogen) atoms. The summed E-state index contributed by atoms with van der Waals surface area (Å²) < 4.78 is 16.5. The van der Waals surface area contributed by atoms with E-state index in [4.69, 9.17) is 36.3 Å². The van der Waals surface area contributed by atoms with Crippen LogP contribution in [0.2, 0.25) is 5.02 Å². The lowest BCUT2D eigenvalue weighted by Crippen LogP contribution is -2.74. The fourth-order valence-corrected chi connectivity index (χ4v) is 12.7. The van der Waals surface area contributed by atoms with E-state index in [1.807, 2.05) is 17.3 Å². The molecule has 0 spiro atoms. The average Bonchev–Trinajstić information content (AvgIpc) is 4.17. The van der Waals surface area contributed by atoms with Crippen molar-refractivity contribution in [3.8, 4) is 34.3 Å². The van der Waals surface area contributed by atoms with Crippen LogP contribution in [0.15, 0.2) is 73.4 Å². The van der Waals surface area contributed by atoms with E-state index < -0.39 is 0 Å². The highest BCUT2D eigenvalue weighted by Crippen LogP contribution is 2.55. The minimum absolute atomic E-state index is 0.0893. The third kappa shape index (κ3) is 8.69. The number of anilines is 1.